The third-order valence-corrected chi connectivity index (χ3v) is 4.36. The predicted molar refractivity (Wildman–Crippen MR) is 115 cm³/mol. The number of hydrazine groups is 1. The molecule has 0 aliphatic carbocycles. The summed E-state index contributed by atoms with van der Waals surface area (Å²) in [6, 6.07) is 16.2. The molecule has 0 atom stereocenters. The topological polar surface area (TPSA) is 96.5 Å². The molecule has 2 aromatic carbocycles. The molecule has 0 saturated carbocycles. The summed E-state index contributed by atoms with van der Waals surface area (Å²) in [5.74, 6) is -0.397. The van der Waals surface area contributed by atoms with Gasteiger partial charge in [-0.05, 0) is 36.2 Å². The second kappa shape index (κ2) is 13.0. The summed E-state index contributed by atoms with van der Waals surface area (Å²) in [6.07, 6.45) is 3.26. The third kappa shape index (κ3) is 8.77. The van der Waals surface area contributed by atoms with Crippen LogP contribution in [-0.4, -0.2) is 24.3 Å². The Labute approximate surface area is 177 Å². The van der Waals surface area contributed by atoms with E-state index < -0.39 is 11.8 Å². The second-order valence-corrected chi connectivity index (χ2v) is 6.84. The number of ether oxygens (including phenoxy) is 1. The zero-order valence-electron chi connectivity index (χ0n) is 17.3. The lowest BCUT2D eigenvalue weighted by molar-refractivity contribution is -0.126. The van der Waals surface area contributed by atoms with Crippen LogP contribution in [0.1, 0.15) is 54.9 Å². The van der Waals surface area contributed by atoms with E-state index in [1.807, 2.05) is 30.3 Å². The summed E-state index contributed by atoms with van der Waals surface area (Å²) >= 11 is 0. The van der Waals surface area contributed by atoms with Gasteiger partial charge in [0.2, 0.25) is 11.8 Å². The third-order valence-electron chi connectivity index (χ3n) is 4.36. The minimum absolute atomic E-state index is 0.0224. The van der Waals surface area contributed by atoms with Gasteiger partial charge in [-0.2, -0.15) is 0 Å². The summed E-state index contributed by atoms with van der Waals surface area (Å²) in [6.45, 7) is 3.19. The van der Waals surface area contributed by atoms with E-state index in [0.29, 0.717) is 24.5 Å². The number of rotatable bonds is 11. The molecule has 2 aromatic rings. The summed E-state index contributed by atoms with van der Waals surface area (Å²) in [4.78, 5) is 35.8. The minimum Gasteiger partial charge on any atom is -0.494 e. The first-order valence-corrected chi connectivity index (χ1v) is 10.2. The zero-order valence-corrected chi connectivity index (χ0v) is 17.3. The molecule has 0 saturated heterocycles. The molecule has 0 aliphatic heterocycles. The van der Waals surface area contributed by atoms with E-state index in [9.17, 15) is 14.4 Å². The van der Waals surface area contributed by atoms with Crippen molar-refractivity contribution in [1.29, 1.82) is 0 Å². The molecule has 0 spiro atoms. The molecule has 0 unspecified atom stereocenters. The van der Waals surface area contributed by atoms with E-state index >= 15 is 0 Å². The van der Waals surface area contributed by atoms with Gasteiger partial charge < -0.3 is 10.1 Å². The molecule has 7 heteroatoms. The van der Waals surface area contributed by atoms with Gasteiger partial charge in [0.15, 0.2) is 0 Å². The van der Waals surface area contributed by atoms with Gasteiger partial charge in [0.25, 0.3) is 5.91 Å². The van der Waals surface area contributed by atoms with Crippen molar-refractivity contribution < 1.29 is 19.1 Å². The Bertz CT molecular complexity index is 807. The Hall–Kier alpha value is -3.35. The van der Waals surface area contributed by atoms with Gasteiger partial charge in [-0.15, -0.1) is 0 Å². The first kappa shape index (κ1) is 22.9. The van der Waals surface area contributed by atoms with Gasteiger partial charge in [0.1, 0.15) is 5.75 Å². The van der Waals surface area contributed by atoms with Crippen LogP contribution in [0, 0.1) is 0 Å². The number of carbonyl (C=O) groups excluding carboxylic acids is 3. The molecule has 160 valence electrons. The molecule has 0 radical (unpaired) electrons. The lowest BCUT2D eigenvalue weighted by atomic mass is 10.2. The van der Waals surface area contributed by atoms with Crippen LogP contribution in [0.5, 0.6) is 5.75 Å². The average molecular weight is 412 g/mol. The van der Waals surface area contributed by atoms with E-state index in [-0.39, 0.29) is 18.7 Å². The van der Waals surface area contributed by atoms with E-state index in [0.717, 1.165) is 24.8 Å². The number of carbonyl (C=O) groups is 3. The largest absolute Gasteiger partial charge is 0.494 e. The standard InChI is InChI=1S/C23H29N3O4/c1-2-3-7-16-30-20-12-10-19(11-13-20)23(29)26-25-22(28)15-14-21(27)24-17-18-8-5-4-6-9-18/h4-6,8-13H,2-3,7,14-17H2,1H3,(H,24,27)(H,25,28)(H,26,29). The Balaban J connectivity index is 1.63. The molecule has 0 fully saturated rings. The van der Waals surface area contributed by atoms with Crippen LogP contribution in [0.15, 0.2) is 54.6 Å². The number of benzene rings is 2. The van der Waals surface area contributed by atoms with Crippen molar-refractivity contribution in [3.8, 4) is 5.75 Å². The van der Waals surface area contributed by atoms with Crippen molar-refractivity contribution in [2.45, 2.75) is 45.6 Å². The fraction of sp³-hybridized carbons (Fsp3) is 0.348. The number of amides is 3. The van der Waals surface area contributed by atoms with E-state index in [2.05, 4.69) is 23.1 Å². The highest BCUT2D eigenvalue weighted by molar-refractivity contribution is 5.95. The Kier molecular flexibility index (Phi) is 9.92. The lowest BCUT2D eigenvalue weighted by Gasteiger charge is -2.09. The highest BCUT2D eigenvalue weighted by atomic mass is 16.5. The van der Waals surface area contributed by atoms with Crippen LogP contribution in [0.3, 0.4) is 0 Å². The number of hydrogen-bond acceptors (Lipinski definition) is 4. The monoisotopic (exact) mass is 411 g/mol. The molecule has 0 heterocycles. The van der Waals surface area contributed by atoms with Crippen molar-refractivity contribution in [3.05, 3.63) is 65.7 Å². The fourth-order valence-electron chi connectivity index (χ4n) is 2.62. The van der Waals surface area contributed by atoms with Crippen LogP contribution in [0.4, 0.5) is 0 Å². The lowest BCUT2D eigenvalue weighted by Crippen LogP contribution is -2.42. The highest BCUT2D eigenvalue weighted by Gasteiger charge is 2.10. The molecule has 30 heavy (non-hydrogen) atoms. The molecule has 3 amide bonds. The summed E-state index contributed by atoms with van der Waals surface area (Å²) in [5.41, 5.74) is 6.06. The smallest absolute Gasteiger partial charge is 0.269 e. The number of unbranched alkanes of at least 4 members (excludes halogenated alkanes) is 2. The number of hydrogen-bond donors (Lipinski definition) is 3. The van der Waals surface area contributed by atoms with Crippen LogP contribution < -0.4 is 20.9 Å². The van der Waals surface area contributed by atoms with Crippen LogP contribution in [0.2, 0.25) is 0 Å². The van der Waals surface area contributed by atoms with Gasteiger partial charge in [-0.1, -0.05) is 50.1 Å². The van der Waals surface area contributed by atoms with Crippen molar-refractivity contribution in [1.82, 2.24) is 16.2 Å². The van der Waals surface area contributed by atoms with Gasteiger partial charge in [-0.3, -0.25) is 25.2 Å². The maximum Gasteiger partial charge on any atom is 0.269 e. The summed E-state index contributed by atoms with van der Waals surface area (Å²) in [7, 11) is 0. The van der Waals surface area contributed by atoms with E-state index in [1.165, 1.54) is 0 Å². The SMILES string of the molecule is CCCCCOc1ccc(C(=O)NNC(=O)CCC(=O)NCc2ccccc2)cc1. The summed E-state index contributed by atoms with van der Waals surface area (Å²) in [5, 5.41) is 2.75. The molecule has 0 aliphatic rings. The Morgan fingerprint density at radius 3 is 2.23 bits per heavy atom. The maximum atomic E-state index is 12.1. The summed E-state index contributed by atoms with van der Waals surface area (Å²) < 4.78 is 5.60. The van der Waals surface area contributed by atoms with Crippen molar-refractivity contribution in [2.75, 3.05) is 6.61 Å². The molecular formula is C23H29N3O4. The van der Waals surface area contributed by atoms with Crippen LogP contribution in [-0.2, 0) is 16.1 Å². The fourth-order valence-corrected chi connectivity index (χ4v) is 2.62. The average Bonchev–Trinajstić information content (AvgIpc) is 2.78. The number of nitrogens with one attached hydrogen (secondary N) is 3. The Morgan fingerprint density at radius 1 is 0.833 bits per heavy atom. The molecule has 0 aromatic heterocycles. The van der Waals surface area contributed by atoms with Crippen LogP contribution >= 0.6 is 0 Å². The van der Waals surface area contributed by atoms with E-state index in [1.54, 1.807) is 24.3 Å². The maximum absolute atomic E-state index is 12.1. The molecule has 3 N–H and O–H groups in total. The normalized spacial score (nSPS) is 10.2. The molecule has 0 bridgehead atoms. The minimum atomic E-state index is -0.436. The second-order valence-electron chi connectivity index (χ2n) is 6.84. The quantitative estimate of drug-likeness (QED) is 0.391. The van der Waals surface area contributed by atoms with Gasteiger partial charge >= 0.3 is 0 Å². The molecular weight excluding hydrogens is 382 g/mol. The Morgan fingerprint density at radius 2 is 1.53 bits per heavy atom. The van der Waals surface area contributed by atoms with Gasteiger partial charge in [-0.25, -0.2) is 0 Å². The molecule has 2 rings (SSSR count). The zero-order chi connectivity index (χ0) is 21.6. The van der Waals surface area contributed by atoms with Crippen molar-refractivity contribution >= 4 is 17.7 Å². The van der Waals surface area contributed by atoms with E-state index in [4.69, 9.17) is 4.74 Å². The molecule has 7 nitrogen and oxygen atoms in total. The van der Waals surface area contributed by atoms with Crippen molar-refractivity contribution in [2.24, 2.45) is 0 Å². The van der Waals surface area contributed by atoms with Crippen molar-refractivity contribution in [3.63, 3.8) is 0 Å². The predicted octanol–water partition coefficient (Wildman–Crippen LogP) is 3.11. The first-order chi connectivity index (χ1) is 14.6. The van der Waals surface area contributed by atoms with Gasteiger partial charge in [0.05, 0.1) is 6.61 Å². The van der Waals surface area contributed by atoms with Crippen LogP contribution in [0.25, 0.3) is 0 Å². The first-order valence-electron chi connectivity index (χ1n) is 10.2. The van der Waals surface area contributed by atoms with Gasteiger partial charge in [0, 0.05) is 24.9 Å². The highest BCUT2D eigenvalue weighted by Crippen LogP contribution is 2.12.